The lowest BCUT2D eigenvalue weighted by atomic mass is 10.1. The lowest BCUT2D eigenvalue weighted by Crippen LogP contribution is -2.68. The molecule has 0 radical (unpaired) electrons. The quantitative estimate of drug-likeness (QED) is 0.478. The molecule has 1 aliphatic heterocycles. The molecule has 1 unspecified atom stereocenters. The van der Waals surface area contributed by atoms with Gasteiger partial charge in [-0.15, -0.1) is 10.2 Å². The Bertz CT molecular complexity index is 429. The highest BCUT2D eigenvalue weighted by atomic mass is 35.7. The largest absolute Gasteiger partial charge is 0.371 e. The summed E-state index contributed by atoms with van der Waals surface area (Å²) >= 11 is 0. The van der Waals surface area contributed by atoms with Crippen molar-refractivity contribution in [2.24, 2.45) is 0 Å². The van der Waals surface area contributed by atoms with Crippen LogP contribution in [0.3, 0.4) is 0 Å². The van der Waals surface area contributed by atoms with Crippen LogP contribution in [0.15, 0.2) is 30.3 Å². The molecular weight excluding hydrogens is 344 g/mol. The number of hydrogen-bond donors (Lipinski definition) is 0. The molecule has 1 aromatic carbocycles. The number of rotatable bonds is 3. The van der Waals surface area contributed by atoms with Gasteiger partial charge in [-0.05, 0) is 10.9 Å². The Labute approximate surface area is 138 Å². The Morgan fingerprint density at radius 1 is 1.14 bits per heavy atom. The molecule has 0 saturated carbocycles. The van der Waals surface area contributed by atoms with Gasteiger partial charge in [-0.1, -0.05) is 50.0 Å². The molecule has 1 fully saturated rings. The van der Waals surface area contributed by atoms with E-state index in [0.29, 0.717) is 16.1 Å². The molecule has 0 spiro atoms. The van der Waals surface area contributed by atoms with E-state index in [1.54, 1.807) is 0 Å². The number of ether oxygens (including phenoxy) is 1. The molecule has 2 atom stereocenters. The minimum atomic E-state index is -4.94. The van der Waals surface area contributed by atoms with Crippen LogP contribution in [0.1, 0.15) is 10.8 Å². The third-order valence-electron chi connectivity index (χ3n) is 2.95. The van der Waals surface area contributed by atoms with Crippen LogP contribution in [0.25, 0.3) is 0 Å². The normalized spacial score (nSPS) is 22.7. The first-order chi connectivity index (χ1) is 10.1. The van der Waals surface area contributed by atoms with Crippen molar-refractivity contribution in [3.63, 3.8) is 0 Å². The second kappa shape index (κ2) is 8.65. The Hall–Kier alpha value is -0.123. The third kappa shape index (κ3) is 9.11. The second-order valence-electron chi connectivity index (χ2n) is 6.30. The van der Waals surface area contributed by atoms with Gasteiger partial charge in [0.15, 0.2) is 5.25 Å². The zero-order valence-corrected chi connectivity index (χ0v) is 15.7. The predicted octanol–water partition coefficient (Wildman–Crippen LogP) is -1.50. The summed E-state index contributed by atoms with van der Waals surface area (Å²) in [6.07, 6.45) is 0. The van der Waals surface area contributed by atoms with Crippen molar-refractivity contribution in [2.75, 3.05) is 24.3 Å². The van der Waals surface area contributed by atoms with Crippen molar-refractivity contribution >= 4 is 19.0 Å². The maximum absolute atomic E-state index is 8.49. The van der Waals surface area contributed by atoms with Gasteiger partial charge in [0.05, 0.1) is 18.6 Å². The Morgan fingerprint density at radius 3 is 2.18 bits per heavy atom. The fourth-order valence-electron chi connectivity index (χ4n) is 2.28. The van der Waals surface area contributed by atoms with E-state index in [2.05, 4.69) is 50.0 Å². The number of halogens is 1. The summed E-state index contributed by atoms with van der Waals surface area (Å²) in [5.41, 5.74) is 1.48. The van der Waals surface area contributed by atoms with Crippen molar-refractivity contribution in [1.29, 1.82) is 0 Å². The summed E-state index contributed by atoms with van der Waals surface area (Å²) in [5, 5.41) is 2.10. The summed E-state index contributed by atoms with van der Waals surface area (Å²) in [4.78, 5) is 0. The zero-order chi connectivity index (χ0) is 16.8. The van der Waals surface area contributed by atoms with E-state index in [9.17, 15) is 0 Å². The average Bonchev–Trinajstić information content (AvgIpc) is 2.36. The van der Waals surface area contributed by atoms with Crippen LogP contribution in [-0.4, -0.2) is 32.4 Å². The monoisotopic (exact) mass is 366 g/mol. The number of benzene rings is 1. The molecule has 0 amide bonds. The SMILES string of the molecule is C[Si](C)(C)C[S+]1CCOC[C@@H]1c1ccccc1.[O-][Cl+3]([O-])([O-])[O-]. The van der Waals surface area contributed by atoms with Gasteiger partial charge >= 0.3 is 0 Å². The summed E-state index contributed by atoms with van der Waals surface area (Å²) < 4.78 is 39.7. The predicted molar refractivity (Wildman–Crippen MR) is 80.4 cm³/mol. The lowest BCUT2D eigenvalue weighted by Gasteiger charge is -2.27. The van der Waals surface area contributed by atoms with Crippen molar-refractivity contribution in [3.05, 3.63) is 35.9 Å². The first-order valence-electron chi connectivity index (χ1n) is 6.97. The lowest BCUT2D eigenvalue weighted by molar-refractivity contribution is -2.00. The van der Waals surface area contributed by atoms with Gasteiger partial charge in [0.1, 0.15) is 13.8 Å². The van der Waals surface area contributed by atoms with Gasteiger partial charge in [0.25, 0.3) is 0 Å². The van der Waals surface area contributed by atoms with Gasteiger partial charge in [0, 0.05) is 5.56 Å². The molecule has 126 valence electrons. The molecule has 1 aliphatic rings. The fraction of sp³-hybridized carbons (Fsp3) is 0.571. The van der Waals surface area contributed by atoms with E-state index in [1.807, 2.05) is 0 Å². The summed E-state index contributed by atoms with van der Waals surface area (Å²) in [5.74, 6) is 1.27. The number of hydrogen-bond acceptors (Lipinski definition) is 5. The fourth-order valence-corrected chi connectivity index (χ4v) is 9.56. The van der Waals surface area contributed by atoms with E-state index in [0.717, 1.165) is 13.2 Å². The van der Waals surface area contributed by atoms with Crippen LogP contribution >= 0.6 is 0 Å². The second-order valence-corrected chi connectivity index (χ2v) is 15.4. The van der Waals surface area contributed by atoms with Crippen molar-refractivity contribution < 1.29 is 33.6 Å². The molecule has 0 aliphatic carbocycles. The van der Waals surface area contributed by atoms with E-state index in [4.69, 9.17) is 23.4 Å². The van der Waals surface area contributed by atoms with Crippen LogP contribution in [0.2, 0.25) is 19.6 Å². The van der Waals surface area contributed by atoms with Crippen molar-refractivity contribution in [2.45, 2.75) is 24.9 Å². The molecule has 0 bridgehead atoms. The van der Waals surface area contributed by atoms with Crippen molar-refractivity contribution in [1.82, 2.24) is 0 Å². The van der Waals surface area contributed by atoms with Crippen LogP contribution in [0.4, 0.5) is 0 Å². The van der Waals surface area contributed by atoms with E-state index >= 15 is 0 Å². The van der Waals surface area contributed by atoms with Crippen molar-refractivity contribution in [3.8, 4) is 0 Å². The average molecular weight is 367 g/mol. The standard InChI is InChI=1S/C14H23OSSi.ClHO4/c1-17(2,3)12-16-10-9-15-11-14(16)13-7-5-4-6-8-13;2-1(3,4)5/h4-8,14H,9-12H2,1-3H3;(H,2,3,4,5)/q+1;/p-1/t14-,16?;/m1./s1. The molecule has 1 heterocycles. The Balaban J connectivity index is 0.000000422. The van der Waals surface area contributed by atoms with Crippen LogP contribution < -0.4 is 18.6 Å². The smallest absolute Gasteiger partial charge is 0.166 e. The Kier molecular flexibility index (Phi) is 7.83. The maximum atomic E-state index is 8.49. The first kappa shape index (κ1) is 19.9. The first-order valence-corrected chi connectivity index (χ1v) is 13.5. The summed E-state index contributed by atoms with van der Waals surface area (Å²) in [6.45, 7) is 9.35. The van der Waals surface area contributed by atoms with Crippen LogP contribution in [-0.2, 0) is 15.6 Å². The summed E-state index contributed by atoms with van der Waals surface area (Å²) in [6, 6.07) is 10.9. The van der Waals surface area contributed by atoms with E-state index in [-0.39, 0.29) is 0 Å². The maximum Gasteiger partial charge on any atom is 0.166 e. The van der Waals surface area contributed by atoms with Crippen LogP contribution in [0.5, 0.6) is 0 Å². The third-order valence-corrected chi connectivity index (χ3v) is 9.80. The van der Waals surface area contributed by atoms with Gasteiger partial charge in [-0.25, -0.2) is 18.6 Å². The molecule has 0 N–H and O–H groups in total. The highest BCUT2D eigenvalue weighted by Gasteiger charge is 2.39. The zero-order valence-electron chi connectivity index (χ0n) is 13.1. The summed E-state index contributed by atoms with van der Waals surface area (Å²) in [7, 11) is -5.37. The Morgan fingerprint density at radius 2 is 1.68 bits per heavy atom. The molecular formula is C14H23ClO5SSi. The van der Waals surface area contributed by atoms with E-state index in [1.165, 1.54) is 16.7 Å². The highest BCUT2D eigenvalue weighted by Crippen LogP contribution is 2.30. The van der Waals surface area contributed by atoms with Gasteiger partial charge < -0.3 is 4.74 Å². The van der Waals surface area contributed by atoms with Gasteiger partial charge in [0.2, 0.25) is 0 Å². The van der Waals surface area contributed by atoms with E-state index < -0.39 is 18.3 Å². The molecule has 2 rings (SSSR count). The van der Waals surface area contributed by atoms with Gasteiger partial charge in [-0.2, -0.15) is 0 Å². The molecule has 8 heteroatoms. The molecule has 5 nitrogen and oxygen atoms in total. The topological polar surface area (TPSA) is 101 Å². The molecule has 22 heavy (non-hydrogen) atoms. The molecule has 0 aromatic heterocycles. The van der Waals surface area contributed by atoms with Gasteiger partial charge in [-0.3, -0.25) is 0 Å². The van der Waals surface area contributed by atoms with Crippen LogP contribution in [0, 0.1) is 10.2 Å². The molecule has 1 saturated heterocycles. The minimum Gasteiger partial charge on any atom is -0.371 e. The highest BCUT2D eigenvalue weighted by molar-refractivity contribution is 7.98. The molecule has 1 aromatic rings. The minimum absolute atomic E-state index is 0.534.